The van der Waals surface area contributed by atoms with Crippen LogP contribution in [0.25, 0.3) is 10.9 Å². The number of nitro groups is 1. The summed E-state index contributed by atoms with van der Waals surface area (Å²) in [7, 11) is 0. The first kappa shape index (κ1) is 18.4. The molecule has 0 radical (unpaired) electrons. The Kier molecular flexibility index (Phi) is 4.80. The molecule has 0 saturated carbocycles. The van der Waals surface area contributed by atoms with Crippen molar-refractivity contribution in [1.82, 2.24) is 9.55 Å². The summed E-state index contributed by atoms with van der Waals surface area (Å²) < 4.78 is 42.6. The van der Waals surface area contributed by atoms with Crippen molar-refractivity contribution in [3.63, 3.8) is 0 Å². The van der Waals surface area contributed by atoms with Crippen LogP contribution < -0.4 is 10.3 Å². The van der Waals surface area contributed by atoms with E-state index in [2.05, 4.69) is 9.72 Å². The lowest BCUT2D eigenvalue weighted by Gasteiger charge is -2.13. The van der Waals surface area contributed by atoms with Crippen LogP contribution in [-0.2, 0) is 13.0 Å². The minimum Gasteiger partial charge on any atom is -0.406 e. The number of alkyl halides is 3. The highest BCUT2D eigenvalue weighted by Gasteiger charge is 2.31. The molecular formula is C17H12F3N3O4. The van der Waals surface area contributed by atoms with E-state index in [1.807, 2.05) is 0 Å². The fourth-order valence-electron chi connectivity index (χ4n) is 2.67. The van der Waals surface area contributed by atoms with E-state index >= 15 is 0 Å². The molecule has 0 fully saturated rings. The predicted octanol–water partition coefficient (Wildman–Crippen LogP) is 3.45. The number of fused-ring (bicyclic) bond motifs is 1. The summed E-state index contributed by atoms with van der Waals surface area (Å²) in [5, 5.41) is 11.0. The van der Waals surface area contributed by atoms with Crippen LogP contribution in [-0.4, -0.2) is 20.8 Å². The first-order valence-corrected chi connectivity index (χ1v) is 7.72. The normalized spacial score (nSPS) is 11.5. The Balaban J connectivity index is 1.93. The zero-order chi connectivity index (χ0) is 19.6. The molecule has 0 N–H and O–H groups in total. The maximum absolute atomic E-state index is 12.6. The number of halogens is 3. The van der Waals surface area contributed by atoms with E-state index in [1.54, 1.807) is 6.07 Å². The van der Waals surface area contributed by atoms with Gasteiger partial charge >= 0.3 is 6.36 Å². The zero-order valence-electron chi connectivity index (χ0n) is 13.6. The lowest BCUT2D eigenvalue weighted by Crippen LogP contribution is -2.23. The summed E-state index contributed by atoms with van der Waals surface area (Å²) in [6, 6.07) is 9.66. The first-order valence-electron chi connectivity index (χ1n) is 7.72. The largest absolute Gasteiger partial charge is 0.573 e. The highest BCUT2D eigenvalue weighted by molar-refractivity contribution is 5.86. The van der Waals surface area contributed by atoms with Gasteiger partial charge in [0, 0.05) is 12.6 Å². The fraction of sp³-hybridized carbons (Fsp3) is 0.176. The number of non-ortho nitro benzene ring substituents is 1. The van der Waals surface area contributed by atoms with Gasteiger partial charge in [-0.2, -0.15) is 0 Å². The van der Waals surface area contributed by atoms with Gasteiger partial charge in [-0.1, -0.05) is 24.3 Å². The summed E-state index contributed by atoms with van der Waals surface area (Å²) in [4.78, 5) is 27.1. The van der Waals surface area contributed by atoms with Crippen LogP contribution in [0.5, 0.6) is 5.75 Å². The fourth-order valence-corrected chi connectivity index (χ4v) is 2.67. The number of para-hydroxylation sites is 1. The van der Waals surface area contributed by atoms with Gasteiger partial charge in [-0.25, -0.2) is 4.98 Å². The van der Waals surface area contributed by atoms with E-state index in [9.17, 15) is 28.1 Å². The van der Waals surface area contributed by atoms with Crippen molar-refractivity contribution in [2.24, 2.45) is 0 Å². The molecule has 140 valence electrons. The van der Waals surface area contributed by atoms with E-state index in [0.717, 1.165) is 4.57 Å². The molecule has 2 aromatic carbocycles. The second kappa shape index (κ2) is 7.06. The molecule has 27 heavy (non-hydrogen) atoms. The van der Waals surface area contributed by atoms with Crippen molar-refractivity contribution < 1.29 is 22.8 Å². The SMILES string of the molecule is O=c1c2c([N+](=O)[O-])cccc2ncn1CCc1ccccc1OC(F)(F)F. The molecule has 0 aliphatic carbocycles. The Bertz CT molecular complexity index is 1060. The number of rotatable bonds is 5. The maximum Gasteiger partial charge on any atom is 0.573 e. The van der Waals surface area contributed by atoms with E-state index < -0.39 is 16.8 Å². The molecule has 0 aliphatic heterocycles. The van der Waals surface area contributed by atoms with E-state index in [0.29, 0.717) is 0 Å². The minimum atomic E-state index is -4.84. The third kappa shape index (κ3) is 4.05. The summed E-state index contributed by atoms with van der Waals surface area (Å²) in [6.45, 7) is -0.0218. The molecule has 3 rings (SSSR count). The van der Waals surface area contributed by atoms with Crippen molar-refractivity contribution in [3.05, 3.63) is 74.8 Å². The Labute approximate surface area is 149 Å². The molecular weight excluding hydrogens is 367 g/mol. The van der Waals surface area contributed by atoms with E-state index in [4.69, 9.17) is 0 Å². The van der Waals surface area contributed by atoms with Gasteiger partial charge < -0.3 is 4.74 Å². The average molecular weight is 379 g/mol. The predicted molar refractivity (Wildman–Crippen MR) is 89.5 cm³/mol. The lowest BCUT2D eigenvalue weighted by molar-refractivity contribution is -0.383. The minimum absolute atomic E-state index is 0.0218. The molecule has 0 bridgehead atoms. The first-order chi connectivity index (χ1) is 12.8. The van der Waals surface area contributed by atoms with Crippen molar-refractivity contribution in [2.45, 2.75) is 19.3 Å². The van der Waals surface area contributed by atoms with Gasteiger partial charge in [0.25, 0.3) is 11.2 Å². The van der Waals surface area contributed by atoms with E-state index in [-0.39, 0.29) is 40.9 Å². The second-order valence-corrected chi connectivity index (χ2v) is 5.58. The monoisotopic (exact) mass is 379 g/mol. The second-order valence-electron chi connectivity index (χ2n) is 5.58. The van der Waals surface area contributed by atoms with Crippen LogP contribution in [0.2, 0.25) is 0 Å². The Morgan fingerprint density at radius 2 is 1.89 bits per heavy atom. The molecule has 0 amide bonds. The highest BCUT2D eigenvalue weighted by atomic mass is 19.4. The number of nitro benzene ring substituents is 1. The summed E-state index contributed by atoms with van der Waals surface area (Å²) in [5.74, 6) is -0.363. The number of aryl methyl sites for hydroxylation is 2. The zero-order valence-corrected chi connectivity index (χ0v) is 13.6. The quantitative estimate of drug-likeness (QED) is 0.501. The number of aromatic nitrogens is 2. The molecule has 0 spiro atoms. The summed E-state index contributed by atoms with van der Waals surface area (Å²) in [6.07, 6.45) is -3.58. The molecule has 7 nitrogen and oxygen atoms in total. The van der Waals surface area contributed by atoms with E-state index in [1.165, 1.54) is 42.7 Å². The van der Waals surface area contributed by atoms with Gasteiger partial charge in [-0.05, 0) is 24.1 Å². The number of hydrogen-bond donors (Lipinski definition) is 0. The summed E-state index contributed by atoms with van der Waals surface area (Å²) in [5.41, 5.74) is -0.600. The van der Waals surface area contributed by atoms with Crippen molar-refractivity contribution >= 4 is 16.6 Å². The van der Waals surface area contributed by atoms with Gasteiger partial charge in [0.15, 0.2) is 0 Å². The molecule has 0 aliphatic rings. The average Bonchev–Trinajstić information content (AvgIpc) is 2.60. The smallest absolute Gasteiger partial charge is 0.406 e. The standard InChI is InChI=1S/C17H12F3N3O4/c18-17(19,20)27-14-7-2-1-4-11(14)8-9-22-10-21-12-5-3-6-13(23(25)26)15(12)16(22)24/h1-7,10H,8-9H2. The molecule has 0 atom stereocenters. The van der Waals surface area contributed by atoms with Crippen LogP contribution in [0.3, 0.4) is 0 Å². The van der Waals surface area contributed by atoms with Crippen LogP contribution in [0.4, 0.5) is 18.9 Å². The number of ether oxygens (including phenoxy) is 1. The number of benzene rings is 2. The van der Waals surface area contributed by atoms with Crippen molar-refractivity contribution in [2.75, 3.05) is 0 Å². The topological polar surface area (TPSA) is 87.3 Å². The summed E-state index contributed by atoms with van der Waals surface area (Å²) >= 11 is 0. The maximum atomic E-state index is 12.6. The van der Waals surface area contributed by atoms with Crippen LogP contribution in [0.1, 0.15) is 5.56 Å². The third-order valence-electron chi connectivity index (χ3n) is 3.85. The van der Waals surface area contributed by atoms with Crippen LogP contribution in [0, 0.1) is 10.1 Å². The highest BCUT2D eigenvalue weighted by Crippen LogP contribution is 2.27. The Morgan fingerprint density at radius 1 is 1.15 bits per heavy atom. The lowest BCUT2D eigenvalue weighted by atomic mass is 10.1. The Morgan fingerprint density at radius 3 is 2.59 bits per heavy atom. The van der Waals surface area contributed by atoms with Crippen LogP contribution in [0.15, 0.2) is 53.6 Å². The van der Waals surface area contributed by atoms with Gasteiger partial charge in [0.05, 0.1) is 16.8 Å². The number of nitrogens with zero attached hydrogens (tertiary/aromatic N) is 3. The van der Waals surface area contributed by atoms with Gasteiger partial charge in [-0.3, -0.25) is 19.5 Å². The van der Waals surface area contributed by atoms with Gasteiger partial charge in [0.1, 0.15) is 11.1 Å². The molecule has 1 aromatic heterocycles. The Hall–Kier alpha value is -3.43. The van der Waals surface area contributed by atoms with Crippen molar-refractivity contribution in [1.29, 1.82) is 0 Å². The van der Waals surface area contributed by atoms with Gasteiger partial charge in [0.2, 0.25) is 0 Å². The molecule has 0 unspecified atom stereocenters. The third-order valence-corrected chi connectivity index (χ3v) is 3.85. The van der Waals surface area contributed by atoms with Crippen molar-refractivity contribution in [3.8, 4) is 5.75 Å². The number of hydrogen-bond acceptors (Lipinski definition) is 5. The molecule has 1 heterocycles. The van der Waals surface area contributed by atoms with Gasteiger partial charge in [-0.15, -0.1) is 13.2 Å². The molecule has 3 aromatic rings. The van der Waals surface area contributed by atoms with Crippen LogP contribution >= 0.6 is 0 Å². The molecule has 10 heteroatoms. The molecule has 0 saturated heterocycles.